The second-order valence-electron chi connectivity index (χ2n) is 2.60. The van der Waals surface area contributed by atoms with Crippen molar-refractivity contribution in [3.8, 4) is 5.88 Å². The van der Waals surface area contributed by atoms with Gasteiger partial charge in [0, 0.05) is 4.08 Å². The van der Waals surface area contributed by atoms with Crippen molar-refractivity contribution in [1.29, 1.82) is 0 Å². The molecule has 0 saturated carbocycles. The third-order valence-electron chi connectivity index (χ3n) is 1.35. The third kappa shape index (κ3) is 4.29. The molecular formula is C8H5F4IN2O. The maximum absolute atomic E-state index is 12.9. The number of hydrogen-bond donors (Lipinski definition) is 0. The molecule has 1 aromatic rings. The van der Waals surface area contributed by atoms with Gasteiger partial charge in [0.25, 0.3) is 0 Å². The molecule has 0 aromatic carbocycles. The average Bonchev–Trinajstić information content (AvgIpc) is 2.25. The summed E-state index contributed by atoms with van der Waals surface area (Å²) in [6, 6.07) is 0. The Balaban J connectivity index is 2.65. The maximum Gasteiger partial charge on any atom is 0.422 e. The van der Waals surface area contributed by atoms with Crippen molar-refractivity contribution in [1.82, 2.24) is 9.97 Å². The Morgan fingerprint density at radius 1 is 1.38 bits per heavy atom. The van der Waals surface area contributed by atoms with Crippen LogP contribution in [0.5, 0.6) is 5.88 Å². The first kappa shape index (κ1) is 13.1. The van der Waals surface area contributed by atoms with Gasteiger partial charge in [-0.25, -0.2) is 14.4 Å². The van der Waals surface area contributed by atoms with E-state index in [-0.39, 0.29) is 11.6 Å². The SMILES string of the molecule is FC(=CI)c1cnc(OCC(F)(F)F)cn1. The zero-order valence-electron chi connectivity index (χ0n) is 7.63. The van der Waals surface area contributed by atoms with E-state index in [4.69, 9.17) is 0 Å². The van der Waals surface area contributed by atoms with Crippen LogP contribution in [0.1, 0.15) is 5.69 Å². The molecule has 0 aliphatic rings. The Kier molecular flexibility index (Phi) is 4.44. The summed E-state index contributed by atoms with van der Waals surface area (Å²) in [4.78, 5) is 7.03. The number of aromatic nitrogens is 2. The maximum atomic E-state index is 12.9. The average molecular weight is 348 g/mol. The van der Waals surface area contributed by atoms with Gasteiger partial charge in [-0.2, -0.15) is 13.2 Å². The summed E-state index contributed by atoms with van der Waals surface area (Å²) >= 11 is 1.67. The lowest BCUT2D eigenvalue weighted by Gasteiger charge is -2.07. The van der Waals surface area contributed by atoms with Crippen LogP contribution in [0.15, 0.2) is 16.5 Å². The summed E-state index contributed by atoms with van der Waals surface area (Å²) in [6.07, 6.45) is -2.51. The van der Waals surface area contributed by atoms with Crippen molar-refractivity contribution < 1.29 is 22.3 Å². The van der Waals surface area contributed by atoms with E-state index in [9.17, 15) is 17.6 Å². The van der Waals surface area contributed by atoms with Crippen LogP contribution in [0.2, 0.25) is 0 Å². The lowest BCUT2D eigenvalue weighted by molar-refractivity contribution is -0.154. The summed E-state index contributed by atoms with van der Waals surface area (Å²) in [6.45, 7) is -1.45. The summed E-state index contributed by atoms with van der Waals surface area (Å²) in [5.74, 6) is -0.919. The molecule has 1 rings (SSSR count). The van der Waals surface area contributed by atoms with Crippen LogP contribution in [0.3, 0.4) is 0 Å². The van der Waals surface area contributed by atoms with Crippen LogP contribution < -0.4 is 4.74 Å². The lowest BCUT2D eigenvalue weighted by atomic mass is 10.4. The fourth-order valence-electron chi connectivity index (χ4n) is 0.726. The minimum atomic E-state index is -4.44. The zero-order chi connectivity index (χ0) is 12.2. The molecule has 0 unspecified atom stereocenters. The second kappa shape index (κ2) is 5.41. The molecule has 0 aliphatic carbocycles. The first-order valence-corrected chi connectivity index (χ1v) is 5.15. The fraction of sp³-hybridized carbons (Fsp3) is 0.250. The fourth-order valence-corrected chi connectivity index (χ4v) is 1.04. The number of nitrogens with zero attached hydrogens (tertiary/aromatic N) is 2. The van der Waals surface area contributed by atoms with Gasteiger partial charge in [0.1, 0.15) is 5.69 Å². The molecule has 8 heteroatoms. The molecule has 0 saturated heterocycles. The highest BCUT2D eigenvalue weighted by Crippen LogP contribution is 2.18. The van der Waals surface area contributed by atoms with Gasteiger partial charge in [0.2, 0.25) is 5.88 Å². The molecule has 0 radical (unpaired) electrons. The second-order valence-corrected chi connectivity index (χ2v) is 3.22. The van der Waals surface area contributed by atoms with Gasteiger partial charge in [-0.05, 0) is 22.6 Å². The molecule has 1 heterocycles. The van der Waals surface area contributed by atoms with E-state index in [1.807, 2.05) is 0 Å². The largest absolute Gasteiger partial charge is 0.467 e. The van der Waals surface area contributed by atoms with Crippen LogP contribution in [0, 0.1) is 0 Å². The quantitative estimate of drug-likeness (QED) is 0.622. The standard InChI is InChI=1S/C8H5F4IN2O/c9-5(1-13)6-2-15-7(3-14-6)16-4-8(10,11)12/h1-3H,4H2. The van der Waals surface area contributed by atoms with Gasteiger partial charge in [-0.1, -0.05) is 0 Å². The van der Waals surface area contributed by atoms with Gasteiger partial charge < -0.3 is 4.74 Å². The van der Waals surface area contributed by atoms with Crippen LogP contribution in [-0.2, 0) is 0 Å². The van der Waals surface area contributed by atoms with Gasteiger partial charge >= 0.3 is 6.18 Å². The molecule has 0 aliphatic heterocycles. The van der Waals surface area contributed by atoms with E-state index in [2.05, 4.69) is 14.7 Å². The number of alkyl halides is 3. The molecule has 3 nitrogen and oxygen atoms in total. The van der Waals surface area contributed by atoms with Crippen molar-refractivity contribution in [2.75, 3.05) is 6.61 Å². The Bertz CT molecular complexity index is 377. The minimum absolute atomic E-state index is 0.0613. The molecule has 0 atom stereocenters. The first-order valence-electron chi connectivity index (χ1n) is 3.90. The van der Waals surface area contributed by atoms with Gasteiger partial charge in [-0.3, -0.25) is 0 Å². The van der Waals surface area contributed by atoms with E-state index < -0.39 is 18.6 Å². The van der Waals surface area contributed by atoms with Crippen LogP contribution in [0.25, 0.3) is 5.83 Å². The Hall–Kier alpha value is -0.930. The van der Waals surface area contributed by atoms with E-state index in [0.717, 1.165) is 16.5 Å². The first-order chi connectivity index (χ1) is 7.42. The number of ether oxygens (including phenoxy) is 1. The Labute approximate surface area is 102 Å². The van der Waals surface area contributed by atoms with E-state index in [0.29, 0.717) is 0 Å². The van der Waals surface area contributed by atoms with E-state index in [1.165, 1.54) is 0 Å². The Morgan fingerprint density at radius 2 is 2.06 bits per heavy atom. The normalized spacial score (nSPS) is 12.7. The number of halogens is 5. The topological polar surface area (TPSA) is 35.0 Å². The van der Waals surface area contributed by atoms with Crippen LogP contribution in [0.4, 0.5) is 17.6 Å². The van der Waals surface area contributed by atoms with Crippen molar-refractivity contribution in [3.05, 3.63) is 22.2 Å². The summed E-state index contributed by atoms with van der Waals surface area (Å²) in [5.41, 5.74) is -0.0613. The summed E-state index contributed by atoms with van der Waals surface area (Å²) < 4.78 is 53.6. The van der Waals surface area contributed by atoms with Crippen LogP contribution >= 0.6 is 22.6 Å². The van der Waals surface area contributed by atoms with Crippen molar-refractivity contribution >= 4 is 28.4 Å². The zero-order valence-corrected chi connectivity index (χ0v) is 9.79. The molecule has 0 N–H and O–H groups in total. The summed E-state index contributed by atoms with van der Waals surface area (Å²) in [5, 5.41) is 0. The van der Waals surface area contributed by atoms with Crippen molar-refractivity contribution in [2.45, 2.75) is 6.18 Å². The van der Waals surface area contributed by atoms with E-state index >= 15 is 0 Å². The molecule has 1 aromatic heterocycles. The highest BCUT2D eigenvalue weighted by atomic mass is 127. The Morgan fingerprint density at radius 3 is 2.50 bits per heavy atom. The molecule has 0 spiro atoms. The minimum Gasteiger partial charge on any atom is -0.467 e. The molecule has 88 valence electrons. The molecular weight excluding hydrogens is 343 g/mol. The molecule has 16 heavy (non-hydrogen) atoms. The van der Waals surface area contributed by atoms with Crippen molar-refractivity contribution in [2.24, 2.45) is 0 Å². The third-order valence-corrected chi connectivity index (χ3v) is 1.90. The van der Waals surface area contributed by atoms with Gasteiger partial charge in [-0.15, -0.1) is 0 Å². The number of hydrogen-bond acceptors (Lipinski definition) is 3. The molecule has 0 amide bonds. The van der Waals surface area contributed by atoms with Crippen molar-refractivity contribution in [3.63, 3.8) is 0 Å². The monoisotopic (exact) mass is 348 g/mol. The van der Waals surface area contributed by atoms with Gasteiger partial charge in [0.05, 0.1) is 12.4 Å². The molecule has 0 fully saturated rings. The highest BCUT2D eigenvalue weighted by Gasteiger charge is 2.28. The number of rotatable bonds is 3. The highest BCUT2D eigenvalue weighted by molar-refractivity contribution is 14.1. The molecule has 0 bridgehead atoms. The lowest BCUT2D eigenvalue weighted by Crippen LogP contribution is -2.19. The predicted octanol–water partition coefficient (Wildman–Crippen LogP) is 3.12. The predicted molar refractivity (Wildman–Crippen MR) is 56.7 cm³/mol. The summed E-state index contributed by atoms with van der Waals surface area (Å²) in [7, 11) is 0. The van der Waals surface area contributed by atoms with E-state index in [1.54, 1.807) is 22.6 Å². The smallest absolute Gasteiger partial charge is 0.422 e. The van der Waals surface area contributed by atoms with Crippen LogP contribution in [-0.4, -0.2) is 22.8 Å². The van der Waals surface area contributed by atoms with Gasteiger partial charge in [0.15, 0.2) is 12.4 Å².